The lowest BCUT2D eigenvalue weighted by Crippen LogP contribution is -2.41. The molecule has 0 amide bonds. The predicted molar refractivity (Wildman–Crippen MR) is 118 cm³/mol. The molecule has 0 saturated carbocycles. The summed E-state index contributed by atoms with van der Waals surface area (Å²) < 4.78 is 5.51. The highest BCUT2D eigenvalue weighted by atomic mass is 127. The molecule has 1 saturated heterocycles. The number of nitrogens with one attached hydrogen (secondary N) is 2. The van der Waals surface area contributed by atoms with E-state index in [2.05, 4.69) is 53.8 Å². The molecule has 144 valence electrons. The maximum atomic E-state index is 5.51. The topological polar surface area (TPSA) is 48.9 Å². The van der Waals surface area contributed by atoms with Gasteiger partial charge in [-0.3, -0.25) is 9.89 Å². The second kappa shape index (κ2) is 12.9. The van der Waals surface area contributed by atoms with Gasteiger partial charge in [-0.25, -0.2) is 0 Å². The Hall–Kier alpha value is -0.380. The third-order valence-electron chi connectivity index (χ3n) is 4.14. The van der Waals surface area contributed by atoms with Gasteiger partial charge in [0.2, 0.25) is 0 Å². The highest BCUT2D eigenvalue weighted by Crippen LogP contribution is 2.26. The van der Waals surface area contributed by atoms with E-state index in [-0.39, 0.29) is 24.0 Å². The molecule has 2 heterocycles. The Morgan fingerprint density at radius 3 is 2.68 bits per heavy atom. The van der Waals surface area contributed by atoms with Crippen LogP contribution in [0.3, 0.4) is 0 Å². The molecule has 0 aromatic carbocycles. The number of hydrogen-bond donors (Lipinski definition) is 2. The highest BCUT2D eigenvalue weighted by Gasteiger charge is 2.23. The standard InChI is InChI=1S/C18H32N4OS.HI/c1-4-19-18(20-8-7-15(2)3)21-14-16(17-6-5-13-24-17)22-9-11-23-12-10-22;/h5-6,13,15-16H,4,7-12,14H2,1-3H3,(H2,19,20,21);1H. The average molecular weight is 480 g/mol. The van der Waals surface area contributed by atoms with Crippen LogP contribution in [-0.4, -0.2) is 56.8 Å². The lowest BCUT2D eigenvalue weighted by atomic mass is 10.1. The smallest absolute Gasteiger partial charge is 0.191 e. The van der Waals surface area contributed by atoms with Crippen LogP contribution in [0, 0.1) is 5.92 Å². The molecule has 1 fully saturated rings. The van der Waals surface area contributed by atoms with Gasteiger partial charge in [0, 0.05) is 31.1 Å². The zero-order valence-electron chi connectivity index (χ0n) is 15.7. The van der Waals surface area contributed by atoms with Gasteiger partial charge in [-0.15, -0.1) is 35.3 Å². The van der Waals surface area contributed by atoms with Crippen molar-refractivity contribution in [1.82, 2.24) is 15.5 Å². The number of thiophene rings is 1. The fraction of sp³-hybridized carbons (Fsp3) is 0.722. The van der Waals surface area contributed by atoms with Crippen molar-refractivity contribution in [2.75, 3.05) is 45.9 Å². The molecule has 0 aliphatic carbocycles. The summed E-state index contributed by atoms with van der Waals surface area (Å²) in [5.74, 6) is 1.63. The summed E-state index contributed by atoms with van der Waals surface area (Å²) in [5.41, 5.74) is 0. The number of morpholine rings is 1. The van der Waals surface area contributed by atoms with Crippen molar-refractivity contribution in [2.24, 2.45) is 10.9 Å². The summed E-state index contributed by atoms with van der Waals surface area (Å²) in [6.07, 6.45) is 1.15. The molecule has 0 bridgehead atoms. The largest absolute Gasteiger partial charge is 0.379 e. The van der Waals surface area contributed by atoms with Crippen LogP contribution in [0.25, 0.3) is 0 Å². The minimum absolute atomic E-state index is 0. The van der Waals surface area contributed by atoms with E-state index in [0.29, 0.717) is 12.0 Å². The minimum atomic E-state index is 0. The van der Waals surface area contributed by atoms with Crippen LogP contribution in [0.1, 0.15) is 38.1 Å². The van der Waals surface area contributed by atoms with Crippen LogP contribution in [0.2, 0.25) is 0 Å². The number of nitrogens with zero attached hydrogens (tertiary/aromatic N) is 2. The Bertz CT molecular complexity index is 475. The molecule has 0 spiro atoms. The van der Waals surface area contributed by atoms with Crippen LogP contribution in [0.4, 0.5) is 0 Å². The van der Waals surface area contributed by atoms with Crippen LogP contribution >= 0.6 is 35.3 Å². The fourth-order valence-corrected chi connectivity index (χ4v) is 3.61. The zero-order valence-corrected chi connectivity index (χ0v) is 18.8. The minimum Gasteiger partial charge on any atom is -0.379 e. The van der Waals surface area contributed by atoms with Gasteiger partial charge in [0.25, 0.3) is 0 Å². The molecule has 1 aliphatic heterocycles. The number of hydrogen-bond acceptors (Lipinski definition) is 4. The molecule has 1 aliphatic rings. The molecule has 7 heteroatoms. The van der Waals surface area contributed by atoms with Gasteiger partial charge in [-0.2, -0.15) is 0 Å². The molecule has 1 atom stereocenters. The van der Waals surface area contributed by atoms with Gasteiger partial charge < -0.3 is 15.4 Å². The Kier molecular flexibility index (Phi) is 11.7. The third-order valence-corrected chi connectivity index (χ3v) is 5.11. The van der Waals surface area contributed by atoms with Gasteiger partial charge in [0.15, 0.2) is 5.96 Å². The van der Waals surface area contributed by atoms with Crippen LogP contribution in [-0.2, 0) is 4.74 Å². The Balaban J connectivity index is 0.00000312. The van der Waals surface area contributed by atoms with E-state index in [1.165, 1.54) is 4.88 Å². The SMILES string of the molecule is CCNC(=NCC(c1cccs1)N1CCOCC1)NCCC(C)C.I. The van der Waals surface area contributed by atoms with Crippen LogP contribution in [0.5, 0.6) is 0 Å². The van der Waals surface area contributed by atoms with Gasteiger partial charge in [0.05, 0.1) is 25.8 Å². The van der Waals surface area contributed by atoms with Crippen molar-refractivity contribution in [3.05, 3.63) is 22.4 Å². The Morgan fingerprint density at radius 1 is 1.32 bits per heavy atom. The van der Waals surface area contributed by atoms with Crippen LogP contribution < -0.4 is 10.6 Å². The zero-order chi connectivity index (χ0) is 17.2. The van der Waals surface area contributed by atoms with E-state index in [0.717, 1.165) is 58.3 Å². The van der Waals surface area contributed by atoms with Gasteiger partial charge >= 0.3 is 0 Å². The summed E-state index contributed by atoms with van der Waals surface area (Å²) in [5, 5.41) is 8.97. The number of aliphatic imine (C=N–C) groups is 1. The first-order valence-electron chi connectivity index (χ1n) is 9.08. The van der Waals surface area contributed by atoms with Gasteiger partial charge in [-0.05, 0) is 30.7 Å². The highest BCUT2D eigenvalue weighted by molar-refractivity contribution is 14.0. The molecular weight excluding hydrogens is 447 g/mol. The van der Waals surface area contributed by atoms with E-state index in [9.17, 15) is 0 Å². The molecule has 25 heavy (non-hydrogen) atoms. The maximum Gasteiger partial charge on any atom is 0.191 e. The molecular formula is C18H33IN4OS. The molecule has 5 nitrogen and oxygen atoms in total. The summed E-state index contributed by atoms with van der Waals surface area (Å²) >= 11 is 1.82. The summed E-state index contributed by atoms with van der Waals surface area (Å²) in [4.78, 5) is 8.74. The Morgan fingerprint density at radius 2 is 2.08 bits per heavy atom. The monoisotopic (exact) mass is 480 g/mol. The van der Waals surface area contributed by atoms with Crippen molar-refractivity contribution in [1.29, 1.82) is 0 Å². The van der Waals surface area contributed by atoms with Crippen LogP contribution in [0.15, 0.2) is 22.5 Å². The van der Waals surface area contributed by atoms with E-state index >= 15 is 0 Å². The third kappa shape index (κ3) is 8.23. The second-order valence-electron chi connectivity index (χ2n) is 6.51. The molecule has 2 N–H and O–H groups in total. The van der Waals surface area contributed by atoms with E-state index < -0.39 is 0 Å². The summed E-state index contributed by atoms with van der Waals surface area (Å²) in [6, 6.07) is 4.69. The fourth-order valence-electron chi connectivity index (χ4n) is 2.75. The molecule has 1 aromatic rings. The number of guanidine groups is 1. The van der Waals surface area contributed by atoms with Crippen molar-refractivity contribution < 1.29 is 4.74 Å². The van der Waals surface area contributed by atoms with E-state index in [1.807, 2.05) is 11.3 Å². The molecule has 0 radical (unpaired) electrons. The first-order chi connectivity index (χ1) is 11.7. The lowest BCUT2D eigenvalue weighted by molar-refractivity contribution is 0.0186. The quantitative estimate of drug-likeness (QED) is 0.341. The number of rotatable bonds is 8. The molecule has 1 aromatic heterocycles. The van der Waals surface area contributed by atoms with E-state index in [1.54, 1.807) is 0 Å². The number of halogens is 1. The summed E-state index contributed by atoms with van der Waals surface area (Å²) in [7, 11) is 0. The number of ether oxygens (including phenoxy) is 1. The molecule has 1 unspecified atom stereocenters. The van der Waals surface area contributed by atoms with Crippen molar-refractivity contribution >= 4 is 41.3 Å². The van der Waals surface area contributed by atoms with Crippen molar-refractivity contribution in [2.45, 2.75) is 33.2 Å². The predicted octanol–water partition coefficient (Wildman–Crippen LogP) is 3.34. The first-order valence-corrected chi connectivity index (χ1v) is 9.96. The average Bonchev–Trinajstić information content (AvgIpc) is 3.10. The van der Waals surface area contributed by atoms with Crippen molar-refractivity contribution in [3.8, 4) is 0 Å². The van der Waals surface area contributed by atoms with Gasteiger partial charge in [-0.1, -0.05) is 19.9 Å². The maximum absolute atomic E-state index is 5.51. The normalized spacial score (nSPS) is 17.2. The summed E-state index contributed by atoms with van der Waals surface area (Å²) in [6.45, 7) is 12.8. The van der Waals surface area contributed by atoms with Crippen molar-refractivity contribution in [3.63, 3.8) is 0 Å². The Labute approximate surface area is 173 Å². The van der Waals surface area contributed by atoms with E-state index in [4.69, 9.17) is 9.73 Å². The lowest BCUT2D eigenvalue weighted by Gasteiger charge is -2.33. The molecule has 2 rings (SSSR count). The van der Waals surface area contributed by atoms with Gasteiger partial charge in [0.1, 0.15) is 0 Å². The first kappa shape index (κ1) is 22.7. The second-order valence-corrected chi connectivity index (χ2v) is 7.49.